The summed E-state index contributed by atoms with van der Waals surface area (Å²) < 4.78 is 8.10. The number of rotatable bonds is 2. The Balaban J connectivity index is 1.93. The van der Waals surface area contributed by atoms with Crippen LogP contribution in [-0.2, 0) is 4.74 Å². The van der Waals surface area contributed by atoms with Gasteiger partial charge in [-0.2, -0.15) is 5.10 Å². The van der Waals surface area contributed by atoms with Crippen LogP contribution in [0.1, 0.15) is 16.8 Å². The van der Waals surface area contributed by atoms with Gasteiger partial charge in [0.1, 0.15) is 10.3 Å². The maximum atomic E-state index is 6.29. The molecule has 0 unspecified atom stereocenters. The summed E-state index contributed by atoms with van der Waals surface area (Å²) in [4.78, 5) is 8.98. The lowest BCUT2D eigenvalue weighted by molar-refractivity contribution is 0.497. The van der Waals surface area contributed by atoms with Gasteiger partial charge in [-0.3, -0.25) is 0 Å². The minimum Gasteiger partial charge on any atom is -0.435 e. The van der Waals surface area contributed by atoms with Crippen molar-refractivity contribution < 1.29 is 4.74 Å². The minimum absolute atomic E-state index is 0.324. The predicted octanol–water partition coefficient (Wildman–Crippen LogP) is 5.01. The summed E-state index contributed by atoms with van der Waals surface area (Å²) in [6.45, 7) is 1.92. The number of aliphatic imine (C=N–C) groups is 1. The molecule has 0 aliphatic carbocycles. The third-order valence-electron chi connectivity index (χ3n) is 3.94. The Bertz CT molecular complexity index is 1120. The van der Waals surface area contributed by atoms with E-state index in [1.54, 1.807) is 35.1 Å². The molecule has 6 nitrogen and oxygen atoms in total. The summed E-state index contributed by atoms with van der Waals surface area (Å²) in [7, 11) is 0. The van der Waals surface area contributed by atoms with Gasteiger partial charge in [0.15, 0.2) is 11.6 Å². The molecule has 4 rings (SSSR count). The average Bonchev–Trinajstić information content (AvgIpc) is 3.03. The molecule has 0 spiro atoms. The Morgan fingerprint density at radius 1 is 1.26 bits per heavy atom. The van der Waals surface area contributed by atoms with Crippen LogP contribution in [0.3, 0.4) is 0 Å². The molecule has 3 heterocycles. The second-order valence-corrected chi connectivity index (χ2v) is 7.40. The van der Waals surface area contributed by atoms with Gasteiger partial charge in [-0.15, -0.1) is 0 Å². The van der Waals surface area contributed by atoms with Crippen molar-refractivity contribution in [2.45, 2.75) is 6.92 Å². The highest BCUT2D eigenvalue weighted by molar-refractivity contribution is 9.10. The van der Waals surface area contributed by atoms with E-state index in [4.69, 9.17) is 33.7 Å². The first-order valence-electron chi connectivity index (χ1n) is 7.83. The van der Waals surface area contributed by atoms with E-state index in [9.17, 15) is 0 Å². The lowest BCUT2D eigenvalue weighted by Gasteiger charge is -2.21. The number of aromatic nitrogens is 3. The van der Waals surface area contributed by atoms with Crippen molar-refractivity contribution in [2.24, 2.45) is 10.7 Å². The zero-order chi connectivity index (χ0) is 19.1. The summed E-state index contributed by atoms with van der Waals surface area (Å²) in [6, 6.07) is 8.86. The van der Waals surface area contributed by atoms with Gasteiger partial charge >= 0.3 is 0 Å². The molecular formula is C18H12BrCl2N5O. The number of ether oxygens (including phenoxy) is 1. The molecule has 2 aromatic heterocycles. The van der Waals surface area contributed by atoms with E-state index in [0.29, 0.717) is 37.8 Å². The van der Waals surface area contributed by atoms with Crippen molar-refractivity contribution in [1.29, 1.82) is 0 Å². The summed E-state index contributed by atoms with van der Waals surface area (Å²) >= 11 is 15.9. The molecule has 27 heavy (non-hydrogen) atoms. The van der Waals surface area contributed by atoms with E-state index in [1.165, 1.54) is 6.20 Å². The Kier molecular flexibility index (Phi) is 4.67. The smallest absolute Gasteiger partial charge is 0.246 e. The summed E-state index contributed by atoms with van der Waals surface area (Å²) in [6.07, 6.45) is 3.02. The van der Waals surface area contributed by atoms with E-state index in [-0.39, 0.29) is 0 Å². The number of halogens is 3. The topological polar surface area (TPSA) is 78.3 Å². The van der Waals surface area contributed by atoms with Crippen LogP contribution in [-0.4, -0.2) is 20.7 Å². The number of nitrogens with zero attached hydrogens (tertiary/aromatic N) is 4. The van der Waals surface area contributed by atoms with Crippen LogP contribution >= 0.6 is 39.1 Å². The fraction of sp³-hybridized carbons (Fsp3) is 0.0556. The van der Waals surface area contributed by atoms with Crippen LogP contribution in [0.4, 0.5) is 5.69 Å². The molecule has 136 valence electrons. The zero-order valence-electron chi connectivity index (χ0n) is 13.9. The van der Waals surface area contributed by atoms with E-state index in [2.05, 4.69) is 31.0 Å². The molecule has 0 fully saturated rings. The number of hydrogen-bond donors (Lipinski definition) is 1. The van der Waals surface area contributed by atoms with E-state index < -0.39 is 0 Å². The first kappa shape index (κ1) is 18.0. The van der Waals surface area contributed by atoms with Crippen LogP contribution in [0.5, 0.6) is 0 Å². The maximum Gasteiger partial charge on any atom is 0.246 e. The highest BCUT2D eigenvalue weighted by Gasteiger charge is 2.26. The van der Waals surface area contributed by atoms with Crippen LogP contribution < -0.4 is 5.73 Å². The van der Waals surface area contributed by atoms with Crippen LogP contribution in [0.2, 0.25) is 10.0 Å². The highest BCUT2D eigenvalue weighted by atomic mass is 79.9. The van der Waals surface area contributed by atoms with Crippen molar-refractivity contribution in [2.75, 3.05) is 0 Å². The standard InChI is InChI=1S/C18H12BrCl2N5O/c1-9-5-10(20)6-11-14(8-22)27-18(24-16(9)11)13-7-15(19)25-26(13)17-12(21)3-2-4-23-17/h2-8H,22H2,1H3/b14-8-. The number of benzene rings is 1. The fourth-order valence-electron chi connectivity index (χ4n) is 2.79. The van der Waals surface area contributed by atoms with Gasteiger partial charge in [-0.1, -0.05) is 23.2 Å². The van der Waals surface area contributed by atoms with Gasteiger partial charge in [0.2, 0.25) is 5.90 Å². The second-order valence-electron chi connectivity index (χ2n) is 5.74. The third-order valence-corrected chi connectivity index (χ3v) is 4.84. The van der Waals surface area contributed by atoms with Crippen LogP contribution in [0, 0.1) is 6.92 Å². The van der Waals surface area contributed by atoms with Gasteiger partial charge in [0, 0.05) is 29.0 Å². The molecule has 3 aromatic rings. The van der Waals surface area contributed by atoms with Crippen molar-refractivity contribution in [1.82, 2.24) is 14.8 Å². The average molecular weight is 465 g/mol. The number of hydrogen-bond acceptors (Lipinski definition) is 5. The highest BCUT2D eigenvalue weighted by Crippen LogP contribution is 2.38. The normalized spacial score (nSPS) is 14.7. The van der Waals surface area contributed by atoms with Crippen molar-refractivity contribution in [3.8, 4) is 5.82 Å². The monoisotopic (exact) mass is 463 g/mol. The molecular weight excluding hydrogens is 453 g/mol. The summed E-state index contributed by atoms with van der Waals surface area (Å²) in [5.74, 6) is 1.24. The number of nitrogens with two attached hydrogens (primary N) is 1. The molecule has 0 saturated carbocycles. The number of aryl methyl sites for hydroxylation is 1. The van der Waals surface area contributed by atoms with Crippen LogP contribution in [0.15, 0.2) is 52.3 Å². The Labute approximate surface area is 173 Å². The summed E-state index contributed by atoms with van der Waals surface area (Å²) in [5.41, 5.74) is 8.72. The van der Waals surface area contributed by atoms with Gasteiger partial charge in [-0.05, 0) is 52.7 Å². The van der Waals surface area contributed by atoms with Crippen LogP contribution in [0.25, 0.3) is 11.6 Å². The Hall–Kier alpha value is -2.35. The number of fused-ring (bicyclic) bond motifs is 1. The molecule has 0 bridgehead atoms. The molecule has 0 radical (unpaired) electrons. The molecule has 1 aliphatic heterocycles. The molecule has 0 saturated heterocycles. The van der Waals surface area contributed by atoms with Crippen molar-refractivity contribution >= 4 is 56.5 Å². The lowest BCUT2D eigenvalue weighted by Crippen LogP contribution is -2.17. The first-order valence-corrected chi connectivity index (χ1v) is 9.38. The fourth-order valence-corrected chi connectivity index (χ4v) is 3.64. The second kappa shape index (κ2) is 6.99. The zero-order valence-corrected chi connectivity index (χ0v) is 17.0. The largest absolute Gasteiger partial charge is 0.435 e. The van der Waals surface area contributed by atoms with E-state index >= 15 is 0 Å². The van der Waals surface area contributed by atoms with Gasteiger partial charge in [0.25, 0.3) is 0 Å². The molecule has 0 amide bonds. The molecule has 1 aliphatic rings. The van der Waals surface area contributed by atoms with E-state index in [0.717, 1.165) is 16.8 Å². The predicted molar refractivity (Wildman–Crippen MR) is 110 cm³/mol. The Morgan fingerprint density at radius 3 is 2.81 bits per heavy atom. The minimum atomic E-state index is 0.324. The third kappa shape index (κ3) is 3.22. The lowest BCUT2D eigenvalue weighted by atomic mass is 10.1. The first-order chi connectivity index (χ1) is 13.0. The van der Waals surface area contributed by atoms with Crippen molar-refractivity contribution in [3.05, 3.63) is 74.2 Å². The Morgan fingerprint density at radius 2 is 2.07 bits per heavy atom. The summed E-state index contributed by atoms with van der Waals surface area (Å²) in [5, 5.41) is 5.45. The number of pyridine rings is 1. The van der Waals surface area contributed by atoms with Crippen molar-refractivity contribution in [3.63, 3.8) is 0 Å². The maximum absolute atomic E-state index is 6.29. The molecule has 0 atom stereocenters. The van der Waals surface area contributed by atoms with Gasteiger partial charge in [0.05, 0.1) is 10.7 Å². The van der Waals surface area contributed by atoms with E-state index in [1.807, 2.05) is 13.0 Å². The van der Waals surface area contributed by atoms with Gasteiger partial charge < -0.3 is 10.5 Å². The van der Waals surface area contributed by atoms with Gasteiger partial charge in [-0.25, -0.2) is 14.7 Å². The SMILES string of the molecule is Cc1cc(Cl)cc2c1N=C(c1cc(Br)nn1-c1ncccc1Cl)O/C2=C\N. The quantitative estimate of drug-likeness (QED) is 0.578. The molecule has 2 N–H and O–H groups in total. The molecule has 1 aromatic carbocycles. The molecule has 9 heteroatoms.